The number of anilines is 1. The van der Waals surface area contributed by atoms with Gasteiger partial charge in [-0.05, 0) is 41.3 Å². The molecule has 3 N–H and O–H groups in total. The van der Waals surface area contributed by atoms with Crippen molar-refractivity contribution in [2.75, 3.05) is 5.73 Å². The van der Waals surface area contributed by atoms with Crippen molar-refractivity contribution in [1.29, 1.82) is 0 Å². The summed E-state index contributed by atoms with van der Waals surface area (Å²) in [6, 6.07) is 15.3. The standard InChI is InChI=1S/C19H14ClN3OS/c20-15-2-1-3-16-14(15)9-17(25-16)19(24)23-10-11-4-5-13-12(8-11)6-7-22-18(13)21/h1-9H,10H2,(H2,21,22)(H,23,24). The van der Waals surface area contributed by atoms with Crippen LogP contribution in [-0.4, -0.2) is 10.9 Å². The van der Waals surface area contributed by atoms with Crippen LogP contribution in [-0.2, 0) is 6.54 Å². The number of amides is 1. The smallest absolute Gasteiger partial charge is 0.261 e. The number of benzene rings is 2. The Morgan fingerprint density at radius 1 is 1.16 bits per heavy atom. The van der Waals surface area contributed by atoms with E-state index in [0.717, 1.165) is 26.4 Å². The number of fused-ring (bicyclic) bond motifs is 2. The Balaban J connectivity index is 1.54. The minimum atomic E-state index is -0.105. The van der Waals surface area contributed by atoms with E-state index < -0.39 is 0 Å². The number of pyridine rings is 1. The summed E-state index contributed by atoms with van der Waals surface area (Å²) in [6.45, 7) is 0.443. The zero-order chi connectivity index (χ0) is 17.4. The molecule has 2 heterocycles. The maximum absolute atomic E-state index is 12.4. The second-order valence-corrected chi connectivity index (χ2v) is 7.19. The van der Waals surface area contributed by atoms with Crippen LogP contribution in [0.4, 0.5) is 5.82 Å². The van der Waals surface area contributed by atoms with E-state index in [9.17, 15) is 4.79 Å². The first-order valence-corrected chi connectivity index (χ1v) is 8.90. The summed E-state index contributed by atoms with van der Waals surface area (Å²) in [5.74, 6) is 0.404. The Kier molecular flexibility index (Phi) is 4.03. The number of nitrogen functional groups attached to an aromatic ring is 1. The second kappa shape index (κ2) is 6.35. The van der Waals surface area contributed by atoms with Crippen LogP contribution in [0.3, 0.4) is 0 Å². The minimum absolute atomic E-state index is 0.105. The molecule has 2 aromatic heterocycles. The fourth-order valence-corrected chi connectivity index (χ4v) is 4.06. The highest BCUT2D eigenvalue weighted by atomic mass is 35.5. The van der Waals surface area contributed by atoms with E-state index in [1.807, 2.05) is 48.5 Å². The molecule has 0 aliphatic carbocycles. The first kappa shape index (κ1) is 15.9. The van der Waals surface area contributed by atoms with Gasteiger partial charge in [-0.25, -0.2) is 4.98 Å². The third-order valence-corrected chi connectivity index (χ3v) is 5.47. The molecule has 0 bridgehead atoms. The van der Waals surface area contributed by atoms with Gasteiger partial charge in [0.1, 0.15) is 5.82 Å². The van der Waals surface area contributed by atoms with Crippen LogP contribution in [0.15, 0.2) is 54.7 Å². The third-order valence-electron chi connectivity index (χ3n) is 4.04. The van der Waals surface area contributed by atoms with Crippen molar-refractivity contribution in [2.45, 2.75) is 6.54 Å². The minimum Gasteiger partial charge on any atom is -0.383 e. The van der Waals surface area contributed by atoms with Crippen LogP contribution in [0, 0.1) is 0 Å². The molecule has 1 amide bonds. The van der Waals surface area contributed by atoms with Crippen molar-refractivity contribution in [3.05, 3.63) is 70.2 Å². The van der Waals surface area contributed by atoms with Gasteiger partial charge in [0.05, 0.1) is 4.88 Å². The number of halogens is 1. The van der Waals surface area contributed by atoms with E-state index in [1.54, 1.807) is 6.20 Å². The van der Waals surface area contributed by atoms with Gasteiger partial charge in [-0.2, -0.15) is 0 Å². The fourth-order valence-electron chi connectivity index (χ4n) is 2.77. The van der Waals surface area contributed by atoms with Crippen molar-refractivity contribution in [3.63, 3.8) is 0 Å². The lowest BCUT2D eigenvalue weighted by Gasteiger charge is -2.06. The van der Waals surface area contributed by atoms with Crippen molar-refractivity contribution < 1.29 is 4.79 Å². The van der Waals surface area contributed by atoms with Gasteiger partial charge in [0.15, 0.2) is 0 Å². The molecule has 25 heavy (non-hydrogen) atoms. The number of nitrogens with one attached hydrogen (secondary N) is 1. The van der Waals surface area contributed by atoms with Gasteiger partial charge in [0.25, 0.3) is 5.91 Å². The van der Waals surface area contributed by atoms with Crippen molar-refractivity contribution in [1.82, 2.24) is 10.3 Å². The molecule has 0 saturated carbocycles. The van der Waals surface area contributed by atoms with Crippen LogP contribution in [0.25, 0.3) is 20.9 Å². The Morgan fingerprint density at radius 2 is 2.04 bits per heavy atom. The lowest BCUT2D eigenvalue weighted by Crippen LogP contribution is -2.21. The molecule has 4 nitrogen and oxygen atoms in total. The number of thiophene rings is 1. The number of nitrogens with two attached hydrogens (primary N) is 1. The molecule has 4 aromatic rings. The molecule has 0 saturated heterocycles. The average molecular weight is 368 g/mol. The second-order valence-electron chi connectivity index (χ2n) is 5.70. The highest BCUT2D eigenvalue weighted by Crippen LogP contribution is 2.31. The first-order chi connectivity index (χ1) is 12.1. The molecule has 4 rings (SSSR count). The Morgan fingerprint density at radius 3 is 2.88 bits per heavy atom. The summed E-state index contributed by atoms with van der Waals surface area (Å²) >= 11 is 7.61. The summed E-state index contributed by atoms with van der Waals surface area (Å²) < 4.78 is 1.01. The molecule has 0 aliphatic rings. The number of hydrogen-bond donors (Lipinski definition) is 2. The molecule has 6 heteroatoms. The predicted molar refractivity (Wildman–Crippen MR) is 104 cm³/mol. The molecule has 0 radical (unpaired) electrons. The van der Waals surface area contributed by atoms with Crippen LogP contribution in [0.5, 0.6) is 0 Å². The van der Waals surface area contributed by atoms with Gasteiger partial charge < -0.3 is 11.1 Å². The molecule has 0 fully saturated rings. The van der Waals surface area contributed by atoms with Gasteiger partial charge in [0.2, 0.25) is 0 Å². The maximum Gasteiger partial charge on any atom is 0.261 e. The summed E-state index contributed by atoms with van der Waals surface area (Å²) in [5, 5.41) is 6.45. The Hall–Kier alpha value is -2.63. The molecule has 124 valence electrons. The molecular weight excluding hydrogens is 354 g/mol. The topological polar surface area (TPSA) is 68.0 Å². The van der Waals surface area contributed by atoms with Gasteiger partial charge in [0, 0.05) is 33.2 Å². The fraction of sp³-hybridized carbons (Fsp3) is 0.0526. The SMILES string of the molecule is Nc1nccc2cc(CNC(=O)c3cc4c(Cl)cccc4s3)ccc12. The molecule has 0 atom stereocenters. The van der Waals surface area contributed by atoms with Crippen LogP contribution in [0.1, 0.15) is 15.2 Å². The van der Waals surface area contributed by atoms with E-state index >= 15 is 0 Å². The molecule has 0 spiro atoms. The quantitative estimate of drug-likeness (QED) is 0.555. The van der Waals surface area contributed by atoms with Gasteiger partial charge in [-0.15, -0.1) is 11.3 Å². The monoisotopic (exact) mass is 367 g/mol. The lowest BCUT2D eigenvalue weighted by molar-refractivity contribution is 0.0955. The summed E-state index contributed by atoms with van der Waals surface area (Å²) in [4.78, 5) is 17.2. The lowest BCUT2D eigenvalue weighted by atomic mass is 10.1. The third kappa shape index (κ3) is 3.04. The van der Waals surface area contributed by atoms with E-state index in [-0.39, 0.29) is 5.91 Å². The van der Waals surface area contributed by atoms with Gasteiger partial charge >= 0.3 is 0 Å². The number of carbonyl (C=O) groups excluding carboxylic acids is 1. The summed E-state index contributed by atoms with van der Waals surface area (Å²) in [6.07, 6.45) is 1.68. The van der Waals surface area contributed by atoms with E-state index in [1.165, 1.54) is 11.3 Å². The number of carbonyl (C=O) groups is 1. The largest absolute Gasteiger partial charge is 0.383 e. The van der Waals surface area contributed by atoms with Crippen molar-refractivity contribution in [2.24, 2.45) is 0 Å². The van der Waals surface area contributed by atoms with Gasteiger partial charge in [-0.3, -0.25) is 4.79 Å². The zero-order valence-corrected chi connectivity index (χ0v) is 14.7. The van der Waals surface area contributed by atoms with Gasteiger partial charge in [-0.1, -0.05) is 29.8 Å². The first-order valence-electron chi connectivity index (χ1n) is 7.71. The number of nitrogens with zero attached hydrogens (tertiary/aromatic N) is 1. The zero-order valence-electron chi connectivity index (χ0n) is 13.1. The average Bonchev–Trinajstić information content (AvgIpc) is 3.06. The Bertz CT molecular complexity index is 1110. The molecule has 0 unspecified atom stereocenters. The van der Waals surface area contributed by atoms with E-state index in [0.29, 0.717) is 22.3 Å². The number of aromatic nitrogens is 1. The highest BCUT2D eigenvalue weighted by molar-refractivity contribution is 7.20. The summed E-state index contributed by atoms with van der Waals surface area (Å²) in [5.41, 5.74) is 6.87. The highest BCUT2D eigenvalue weighted by Gasteiger charge is 2.12. The molecule has 0 aliphatic heterocycles. The van der Waals surface area contributed by atoms with E-state index in [4.69, 9.17) is 17.3 Å². The maximum atomic E-state index is 12.4. The van der Waals surface area contributed by atoms with Crippen LogP contribution in [0.2, 0.25) is 5.02 Å². The van der Waals surface area contributed by atoms with Crippen molar-refractivity contribution >= 4 is 55.5 Å². The number of hydrogen-bond acceptors (Lipinski definition) is 4. The Labute approximate surface area is 153 Å². The molecule has 2 aromatic carbocycles. The number of rotatable bonds is 3. The van der Waals surface area contributed by atoms with Crippen LogP contribution >= 0.6 is 22.9 Å². The normalized spacial score (nSPS) is 11.1. The van der Waals surface area contributed by atoms with Crippen molar-refractivity contribution in [3.8, 4) is 0 Å². The van der Waals surface area contributed by atoms with Crippen LogP contribution < -0.4 is 11.1 Å². The summed E-state index contributed by atoms with van der Waals surface area (Å²) in [7, 11) is 0. The molecular formula is C19H14ClN3OS. The van der Waals surface area contributed by atoms with E-state index in [2.05, 4.69) is 10.3 Å². The predicted octanol–water partition coefficient (Wildman–Crippen LogP) is 4.62.